The van der Waals surface area contributed by atoms with Crippen LogP contribution in [0.5, 0.6) is 0 Å². The van der Waals surface area contributed by atoms with Crippen molar-refractivity contribution in [3.63, 3.8) is 0 Å². The summed E-state index contributed by atoms with van der Waals surface area (Å²) in [4.78, 5) is 24.6. The number of hydrogen-bond donors (Lipinski definition) is 2. The summed E-state index contributed by atoms with van der Waals surface area (Å²) in [5, 5.41) is 5.14. The molecule has 2 saturated heterocycles. The second-order valence-electron chi connectivity index (χ2n) is 7.40. The number of nitrogens with one attached hydrogen (secondary N) is 2. The fourth-order valence-corrected chi connectivity index (χ4v) is 6.83. The molecule has 0 radical (unpaired) electrons. The highest BCUT2D eigenvalue weighted by Crippen LogP contribution is 2.23. The van der Waals surface area contributed by atoms with Gasteiger partial charge in [0.1, 0.15) is 0 Å². The third kappa shape index (κ3) is 5.55. The first-order valence-electron chi connectivity index (χ1n) is 9.50. The van der Waals surface area contributed by atoms with Crippen molar-refractivity contribution in [3.8, 4) is 0 Å². The van der Waals surface area contributed by atoms with E-state index in [1.807, 2.05) is 0 Å². The van der Waals surface area contributed by atoms with Crippen molar-refractivity contribution in [2.24, 2.45) is 5.92 Å². The first kappa shape index (κ1) is 21.7. The summed E-state index contributed by atoms with van der Waals surface area (Å²) in [6, 6.07) is 7.65. The maximum atomic E-state index is 12.7. The Balaban J connectivity index is 1.51. The van der Waals surface area contributed by atoms with E-state index >= 15 is 0 Å². The molecular weight excluding hydrogens is 418 g/mol. The highest BCUT2D eigenvalue weighted by atomic mass is 32.2. The maximum Gasteiger partial charge on any atom is 0.243 e. The predicted molar refractivity (Wildman–Crippen MR) is 106 cm³/mol. The van der Waals surface area contributed by atoms with Crippen molar-refractivity contribution >= 4 is 31.7 Å². The average Bonchev–Trinajstić information content (AvgIpc) is 3.05. The van der Waals surface area contributed by atoms with Crippen molar-refractivity contribution in [3.05, 3.63) is 30.3 Å². The molecule has 0 unspecified atom stereocenters. The second-order valence-corrected chi connectivity index (χ2v) is 11.6. The molecule has 3 rings (SSSR count). The van der Waals surface area contributed by atoms with Crippen LogP contribution in [-0.4, -0.2) is 70.1 Å². The largest absolute Gasteiger partial charge is 0.351 e. The molecule has 0 aliphatic carbocycles. The number of benzene rings is 1. The Morgan fingerprint density at radius 3 is 2.52 bits per heavy atom. The molecule has 0 bridgehead atoms. The zero-order valence-corrected chi connectivity index (χ0v) is 17.5. The molecule has 29 heavy (non-hydrogen) atoms. The lowest BCUT2D eigenvalue weighted by Crippen LogP contribution is -2.48. The molecule has 0 saturated carbocycles. The number of sulfonamides is 1. The van der Waals surface area contributed by atoms with Crippen LogP contribution in [0.25, 0.3) is 0 Å². The Morgan fingerprint density at radius 2 is 1.86 bits per heavy atom. The van der Waals surface area contributed by atoms with Gasteiger partial charge in [-0.15, -0.1) is 0 Å². The van der Waals surface area contributed by atoms with E-state index in [0.717, 1.165) is 0 Å². The van der Waals surface area contributed by atoms with Crippen LogP contribution in [0.2, 0.25) is 0 Å². The fraction of sp³-hybridized carbons (Fsp3) is 0.556. The third-order valence-electron chi connectivity index (χ3n) is 5.16. The van der Waals surface area contributed by atoms with Gasteiger partial charge in [-0.05, 0) is 31.4 Å². The molecular formula is C18H25N3O6S2. The van der Waals surface area contributed by atoms with Crippen LogP contribution in [-0.2, 0) is 29.4 Å². The second kappa shape index (κ2) is 8.80. The summed E-state index contributed by atoms with van der Waals surface area (Å²) in [5.74, 6) is -1.40. The number of sulfone groups is 1. The predicted octanol–water partition coefficient (Wildman–Crippen LogP) is -0.493. The number of nitrogens with zero attached hydrogens (tertiary/aromatic N) is 1. The topological polar surface area (TPSA) is 130 Å². The molecule has 1 aromatic rings. The molecule has 2 heterocycles. The molecule has 2 amide bonds. The minimum absolute atomic E-state index is 0.0537. The van der Waals surface area contributed by atoms with Gasteiger partial charge >= 0.3 is 0 Å². The summed E-state index contributed by atoms with van der Waals surface area (Å²) in [6.45, 7) is 0.139. The summed E-state index contributed by atoms with van der Waals surface area (Å²) >= 11 is 0. The van der Waals surface area contributed by atoms with Gasteiger partial charge in [0.05, 0.1) is 28.9 Å². The Bertz CT molecular complexity index is 963. The van der Waals surface area contributed by atoms with E-state index in [1.54, 1.807) is 18.2 Å². The van der Waals surface area contributed by atoms with Crippen molar-refractivity contribution < 1.29 is 26.4 Å². The van der Waals surface area contributed by atoms with E-state index in [2.05, 4.69) is 10.6 Å². The Morgan fingerprint density at radius 1 is 1.14 bits per heavy atom. The van der Waals surface area contributed by atoms with E-state index < -0.39 is 37.7 Å². The van der Waals surface area contributed by atoms with Gasteiger partial charge < -0.3 is 10.6 Å². The van der Waals surface area contributed by atoms with E-state index in [-0.39, 0.29) is 35.4 Å². The van der Waals surface area contributed by atoms with Crippen LogP contribution in [0.3, 0.4) is 0 Å². The number of hydrogen-bond acceptors (Lipinski definition) is 6. The molecule has 0 spiro atoms. The van der Waals surface area contributed by atoms with Crippen LogP contribution < -0.4 is 10.6 Å². The normalized spacial score (nSPS) is 24.7. The first-order valence-corrected chi connectivity index (χ1v) is 12.8. The number of rotatable bonds is 6. The molecule has 9 nitrogen and oxygen atoms in total. The van der Waals surface area contributed by atoms with Crippen LogP contribution in [0.4, 0.5) is 0 Å². The Hall–Kier alpha value is -1.98. The van der Waals surface area contributed by atoms with Gasteiger partial charge in [-0.3, -0.25) is 9.59 Å². The van der Waals surface area contributed by atoms with E-state index in [0.29, 0.717) is 25.8 Å². The quantitative estimate of drug-likeness (QED) is 0.610. The van der Waals surface area contributed by atoms with Gasteiger partial charge in [0.25, 0.3) is 0 Å². The van der Waals surface area contributed by atoms with Crippen LogP contribution in [0, 0.1) is 5.92 Å². The standard InChI is InChI=1S/C18H25N3O6S2/c22-17(20-15-8-10-28(24,25)13-15)11-19-18(23)14-5-4-9-21(12-14)29(26,27)16-6-2-1-3-7-16/h1-3,6-7,14-15H,4-5,8-13H2,(H,19,23)(H,20,22)/t14-,15-/m0/s1. The number of carbonyl (C=O) groups excluding carboxylic acids is 2. The molecule has 2 aliphatic heterocycles. The lowest BCUT2D eigenvalue weighted by Gasteiger charge is -2.31. The van der Waals surface area contributed by atoms with Crippen LogP contribution in [0.15, 0.2) is 35.2 Å². The van der Waals surface area contributed by atoms with Gasteiger partial charge in [-0.25, -0.2) is 16.8 Å². The van der Waals surface area contributed by atoms with Crippen molar-refractivity contribution in [2.45, 2.75) is 30.2 Å². The smallest absolute Gasteiger partial charge is 0.243 e. The van der Waals surface area contributed by atoms with Crippen molar-refractivity contribution in [1.29, 1.82) is 0 Å². The Kier molecular flexibility index (Phi) is 6.59. The molecule has 2 atom stereocenters. The Labute approximate surface area is 170 Å². The lowest BCUT2D eigenvalue weighted by molar-refractivity contribution is -0.129. The first-order chi connectivity index (χ1) is 13.7. The highest BCUT2D eigenvalue weighted by molar-refractivity contribution is 7.91. The van der Waals surface area contributed by atoms with E-state index in [1.165, 1.54) is 16.4 Å². The zero-order chi connectivity index (χ0) is 21.1. The van der Waals surface area contributed by atoms with Gasteiger partial charge in [0.15, 0.2) is 9.84 Å². The fourth-order valence-electron chi connectivity index (χ4n) is 3.62. The average molecular weight is 444 g/mol. The number of amides is 2. The number of piperidine rings is 1. The van der Waals surface area contributed by atoms with E-state index in [4.69, 9.17) is 0 Å². The molecule has 0 aromatic heterocycles. The highest BCUT2D eigenvalue weighted by Gasteiger charge is 2.33. The summed E-state index contributed by atoms with van der Waals surface area (Å²) in [6.07, 6.45) is 1.46. The third-order valence-corrected chi connectivity index (χ3v) is 8.80. The van der Waals surface area contributed by atoms with Gasteiger partial charge in [0.2, 0.25) is 21.8 Å². The summed E-state index contributed by atoms with van der Waals surface area (Å²) < 4.78 is 49.7. The molecule has 11 heteroatoms. The number of carbonyl (C=O) groups is 2. The molecule has 1 aromatic carbocycles. The minimum Gasteiger partial charge on any atom is -0.351 e. The molecule has 2 N–H and O–H groups in total. The van der Waals surface area contributed by atoms with Gasteiger partial charge in [-0.2, -0.15) is 4.31 Å². The summed E-state index contributed by atoms with van der Waals surface area (Å²) in [7, 11) is -6.77. The summed E-state index contributed by atoms with van der Waals surface area (Å²) in [5.41, 5.74) is 0. The van der Waals surface area contributed by atoms with E-state index in [9.17, 15) is 26.4 Å². The van der Waals surface area contributed by atoms with Gasteiger partial charge in [0, 0.05) is 19.1 Å². The lowest BCUT2D eigenvalue weighted by atomic mass is 9.99. The monoisotopic (exact) mass is 443 g/mol. The van der Waals surface area contributed by atoms with Crippen molar-refractivity contribution in [2.75, 3.05) is 31.1 Å². The van der Waals surface area contributed by atoms with Gasteiger partial charge in [-0.1, -0.05) is 18.2 Å². The van der Waals surface area contributed by atoms with Crippen LogP contribution >= 0.6 is 0 Å². The SMILES string of the molecule is O=C(CNC(=O)[C@H]1CCCN(S(=O)(=O)c2ccccc2)C1)N[C@H]1CCS(=O)(=O)C1. The minimum atomic E-state index is -3.67. The molecule has 160 valence electrons. The molecule has 2 fully saturated rings. The maximum absolute atomic E-state index is 12.7. The van der Waals surface area contributed by atoms with Crippen LogP contribution in [0.1, 0.15) is 19.3 Å². The molecule has 2 aliphatic rings. The van der Waals surface area contributed by atoms with Crippen molar-refractivity contribution in [1.82, 2.24) is 14.9 Å². The zero-order valence-electron chi connectivity index (χ0n) is 15.9.